The highest BCUT2D eigenvalue weighted by Gasteiger charge is 2.15. The Balaban J connectivity index is 2.05. The number of aromatic nitrogens is 2. The van der Waals surface area contributed by atoms with Crippen LogP contribution in [-0.2, 0) is 6.42 Å². The molecule has 0 aliphatic heterocycles. The standard InChI is InChI=1S/C11H10FN3O3/c12-7-2-1-3-8(10(7)11(16)17)13-5-4-9-14-6-18-15-9/h1-3,6,13H,4-5H2,(H,16,17). The monoisotopic (exact) mass is 251 g/mol. The molecule has 0 saturated carbocycles. The van der Waals surface area contributed by atoms with Gasteiger partial charge in [0.25, 0.3) is 0 Å². The van der Waals surface area contributed by atoms with Crippen molar-refractivity contribution in [3.05, 3.63) is 41.8 Å². The predicted octanol–water partition coefficient (Wildman–Crippen LogP) is 1.56. The molecule has 0 aliphatic rings. The lowest BCUT2D eigenvalue weighted by atomic mass is 10.1. The number of benzene rings is 1. The second-order valence-corrected chi connectivity index (χ2v) is 3.49. The molecule has 0 atom stereocenters. The van der Waals surface area contributed by atoms with Crippen LogP contribution in [0.5, 0.6) is 0 Å². The molecule has 0 spiro atoms. The van der Waals surface area contributed by atoms with Gasteiger partial charge >= 0.3 is 5.97 Å². The molecule has 0 aliphatic carbocycles. The maximum Gasteiger partial charge on any atom is 0.340 e. The first-order chi connectivity index (χ1) is 8.68. The van der Waals surface area contributed by atoms with Gasteiger partial charge in [-0.3, -0.25) is 0 Å². The van der Waals surface area contributed by atoms with Crippen LogP contribution in [0.4, 0.5) is 10.1 Å². The maximum absolute atomic E-state index is 13.3. The molecule has 0 amide bonds. The van der Waals surface area contributed by atoms with Crippen molar-refractivity contribution in [2.24, 2.45) is 0 Å². The Kier molecular flexibility index (Phi) is 3.52. The minimum atomic E-state index is -1.31. The summed E-state index contributed by atoms with van der Waals surface area (Å²) in [5, 5.41) is 15.3. The summed E-state index contributed by atoms with van der Waals surface area (Å²) in [6.07, 6.45) is 1.66. The molecular weight excluding hydrogens is 241 g/mol. The highest BCUT2D eigenvalue weighted by molar-refractivity contribution is 5.94. The van der Waals surface area contributed by atoms with Gasteiger partial charge in [0.2, 0.25) is 6.39 Å². The van der Waals surface area contributed by atoms with Crippen LogP contribution < -0.4 is 5.32 Å². The van der Waals surface area contributed by atoms with E-state index >= 15 is 0 Å². The summed E-state index contributed by atoms with van der Waals surface area (Å²) in [6, 6.07) is 4.05. The number of carboxylic acid groups (broad SMARTS) is 1. The third kappa shape index (κ3) is 2.62. The second kappa shape index (κ2) is 5.26. The summed E-state index contributed by atoms with van der Waals surface area (Å²) >= 11 is 0. The Morgan fingerprint density at radius 1 is 1.50 bits per heavy atom. The van der Waals surface area contributed by atoms with E-state index in [1.54, 1.807) is 0 Å². The summed E-state index contributed by atoms with van der Waals surface area (Å²) in [4.78, 5) is 14.7. The van der Waals surface area contributed by atoms with Gasteiger partial charge in [0.15, 0.2) is 5.82 Å². The van der Waals surface area contributed by atoms with E-state index in [9.17, 15) is 9.18 Å². The van der Waals surface area contributed by atoms with Crippen molar-refractivity contribution in [1.82, 2.24) is 10.1 Å². The maximum atomic E-state index is 13.3. The van der Waals surface area contributed by atoms with Gasteiger partial charge in [-0.1, -0.05) is 11.2 Å². The van der Waals surface area contributed by atoms with Crippen LogP contribution in [0.2, 0.25) is 0 Å². The van der Waals surface area contributed by atoms with E-state index in [0.717, 1.165) is 6.07 Å². The van der Waals surface area contributed by atoms with Gasteiger partial charge in [-0.25, -0.2) is 9.18 Å². The van der Waals surface area contributed by atoms with E-state index in [2.05, 4.69) is 20.0 Å². The molecule has 0 unspecified atom stereocenters. The predicted molar refractivity (Wildman–Crippen MR) is 59.9 cm³/mol. The van der Waals surface area contributed by atoms with Crippen molar-refractivity contribution in [3.63, 3.8) is 0 Å². The fraction of sp³-hybridized carbons (Fsp3) is 0.182. The minimum absolute atomic E-state index is 0.228. The number of hydrogen-bond acceptors (Lipinski definition) is 5. The van der Waals surface area contributed by atoms with Crippen molar-refractivity contribution < 1.29 is 18.8 Å². The lowest BCUT2D eigenvalue weighted by Gasteiger charge is -2.08. The van der Waals surface area contributed by atoms with E-state index in [-0.39, 0.29) is 11.3 Å². The van der Waals surface area contributed by atoms with Gasteiger partial charge in [-0.2, -0.15) is 4.98 Å². The van der Waals surface area contributed by atoms with Crippen LogP contribution in [-0.4, -0.2) is 27.8 Å². The quantitative estimate of drug-likeness (QED) is 0.838. The van der Waals surface area contributed by atoms with Crippen molar-refractivity contribution in [1.29, 1.82) is 0 Å². The van der Waals surface area contributed by atoms with E-state index in [0.29, 0.717) is 18.8 Å². The van der Waals surface area contributed by atoms with E-state index in [1.165, 1.54) is 18.5 Å². The van der Waals surface area contributed by atoms with Crippen molar-refractivity contribution in [3.8, 4) is 0 Å². The molecule has 2 N–H and O–H groups in total. The number of halogens is 1. The largest absolute Gasteiger partial charge is 0.478 e. The lowest BCUT2D eigenvalue weighted by molar-refractivity contribution is 0.0693. The second-order valence-electron chi connectivity index (χ2n) is 3.49. The van der Waals surface area contributed by atoms with Crippen LogP contribution in [0.1, 0.15) is 16.2 Å². The molecule has 94 valence electrons. The van der Waals surface area contributed by atoms with Crippen molar-refractivity contribution >= 4 is 11.7 Å². The third-order valence-electron chi connectivity index (χ3n) is 2.30. The van der Waals surface area contributed by atoms with Gasteiger partial charge in [0, 0.05) is 13.0 Å². The molecule has 2 rings (SSSR count). The Hall–Kier alpha value is -2.44. The van der Waals surface area contributed by atoms with Gasteiger partial charge < -0.3 is 14.9 Å². The average Bonchev–Trinajstić information content (AvgIpc) is 2.81. The normalized spacial score (nSPS) is 10.3. The highest BCUT2D eigenvalue weighted by atomic mass is 19.1. The fourth-order valence-corrected chi connectivity index (χ4v) is 1.50. The summed E-state index contributed by atoms with van der Waals surface area (Å²) < 4.78 is 17.9. The number of carbonyl (C=O) groups is 1. The summed E-state index contributed by atoms with van der Waals surface area (Å²) in [5.41, 5.74) is -0.142. The van der Waals surface area contributed by atoms with Gasteiger partial charge in [-0.05, 0) is 12.1 Å². The first-order valence-corrected chi connectivity index (χ1v) is 5.19. The van der Waals surface area contributed by atoms with Crippen LogP contribution >= 0.6 is 0 Å². The van der Waals surface area contributed by atoms with Crippen LogP contribution in [0.25, 0.3) is 0 Å². The zero-order valence-electron chi connectivity index (χ0n) is 9.26. The summed E-state index contributed by atoms with van der Waals surface area (Å²) in [7, 11) is 0. The Bertz CT molecular complexity index is 542. The smallest absolute Gasteiger partial charge is 0.340 e. The molecule has 0 radical (unpaired) electrons. The van der Waals surface area contributed by atoms with Gasteiger partial charge in [-0.15, -0.1) is 0 Å². The first-order valence-electron chi connectivity index (χ1n) is 5.19. The van der Waals surface area contributed by atoms with Crippen LogP contribution in [0.15, 0.2) is 29.1 Å². The van der Waals surface area contributed by atoms with E-state index in [1.807, 2.05) is 0 Å². The van der Waals surface area contributed by atoms with E-state index < -0.39 is 11.8 Å². The number of carboxylic acids is 1. The fourth-order valence-electron chi connectivity index (χ4n) is 1.50. The summed E-state index contributed by atoms with van der Waals surface area (Å²) in [6.45, 7) is 0.378. The molecule has 2 aromatic rings. The Morgan fingerprint density at radius 3 is 3.00 bits per heavy atom. The molecule has 0 bridgehead atoms. The van der Waals surface area contributed by atoms with Crippen molar-refractivity contribution in [2.45, 2.75) is 6.42 Å². The molecular formula is C11H10FN3O3. The number of anilines is 1. The molecule has 6 nitrogen and oxygen atoms in total. The molecule has 0 fully saturated rings. The number of nitrogens with zero attached hydrogens (tertiary/aromatic N) is 2. The van der Waals surface area contributed by atoms with Crippen molar-refractivity contribution in [2.75, 3.05) is 11.9 Å². The Labute approximate surface area is 101 Å². The molecule has 0 saturated heterocycles. The Morgan fingerprint density at radius 2 is 2.33 bits per heavy atom. The number of aromatic carboxylic acids is 1. The van der Waals surface area contributed by atoms with Gasteiger partial charge in [0.05, 0.1) is 5.69 Å². The molecule has 1 aromatic carbocycles. The van der Waals surface area contributed by atoms with Crippen LogP contribution in [0, 0.1) is 5.82 Å². The zero-order chi connectivity index (χ0) is 13.0. The topological polar surface area (TPSA) is 88.2 Å². The van der Waals surface area contributed by atoms with Crippen LogP contribution in [0.3, 0.4) is 0 Å². The lowest BCUT2D eigenvalue weighted by Crippen LogP contribution is -2.11. The molecule has 7 heteroatoms. The van der Waals surface area contributed by atoms with Gasteiger partial charge in [0.1, 0.15) is 11.4 Å². The third-order valence-corrected chi connectivity index (χ3v) is 2.30. The number of rotatable bonds is 5. The zero-order valence-corrected chi connectivity index (χ0v) is 9.26. The molecule has 1 aromatic heterocycles. The summed E-state index contributed by atoms with van der Waals surface area (Å²) in [5.74, 6) is -1.59. The molecule has 18 heavy (non-hydrogen) atoms. The first kappa shape index (κ1) is 12.0. The number of hydrogen-bond donors (Lipinski definition) is 2. The minimum Gasteiger partial charge on any atom is -0.478 e. The average molecular weight is 251 g/mol. The van der Waals surface area contributed by atoms with E-state index in [4.69, 9.17) is 5.11 Å². The highest BCUT2D eigenvalue weighted by Crippen LogP contribution is 2.18. The SMILES string of the molecule is O=C(O)c1c(F)cccc1NCCc1ncon1. The molecule has 1 heterocycles. The number of nitrogens with one attached hydrogen (secondary N) is 1.